The van der Waals surface area contributed by atoms with Crippen LogP contribution in [0, 0.1) is 11.7 Å². The highest BCUT2D eigenvalue weighted by Crippen LogP contribution is 2.29. The molecule has 1 aliphatic rings. The molecule has 25 heavy (non-hydrogen) atoms. The van der Waals surface area contributed by atoms with Gasteiger partial charge in [0, 0.05) is 34.8 Å². The molecule has 1 aliphatic heterocycles. The van der Waals surface area contributed by atoms with E-state index in [1.807, 2.05) is 30.5 Å². The van der Waals surface area contributed by atoms with Crippen molar-refractivity contribution in [1.82, 2.24) is 15.6 Å². The summed E-state index contributed by atoms with van der Waals surface area (Å²) in [5.74, 6) is 0.222. The number of amides is 1. The molecule has 1 saturated heterocycles. The molecule has 1 atom stereocenters. The summed E-state index contributed by atoms with van der Waals surface area (Å²) in [4.78, 5) is 15.4. The molecular weight excluding hydrogens is 317 g/mol. The maximum Gasteiger partial charge on any atom is 0.251 e. The number of aromatic amines is 1. The number of hydrogen-bond acceptors (Lipinski definition) is 2. The van der Waals surface area contributed by atoms with Crippen LogP contribution in [0.3, 0.4) is 0 Å². The lowest BCUT2D eigenvalue weighted by molar-refractivity contribution is 0.0948. The fraction of sp³-hybridized carbons (Fsp3) is 0.250. The fourth-order valence-corrected chi connectivity index (χ4v) is 3.37. The third kappa shape index (κ3) is 3.28. The van der Waals surface area contributed by atoms with E-state index >= 15 is 0 Å². The van der Waals surface area contributed by atoms with Crippen LogP contribution in [0.2, 0.25) is 0 Å². The van der Waals surface area contributed by atoms with Gasteiger partial charge in [-0.15, -0.1) is 0 Å². The maximum atomic E-state index is 13.3. The summed E-state index contributed by atoms with van der Waals surface area (Å²) >= 11 is 0. The molecule has 3 aromatic rings. The number of benzene rings is 2. The Bertz CT molecular complexity index is 895. The van der Waals surface area contributed by atoms with Crippen LogP contribution in [0.1, 0.15) is 16.8 Å². The molecule has 1 aromatic heterocycles. The summed E-state index contributed by atoms with van der Waals surface area (Å²) in [7, 11) is 0. The van der Waals surface area contributed by atoms with Crippen LogP contribution < -0.4 is 10.6 Å². The lowest BCUT2D eigenvalue weighted by Crippen LogP contribution is -2.30. The lowest BCUT2D eigenvalue weighted by Gasteiger charge is -2.10. The Morgan fingerprint density at radius 2 is 2.04 bits per heavy atom. The highest BCUT2D eigenvalue weighted by molar-refractivity contribution is 5.97. The monoisotopic (exact) mass is 337 g/mol. The van der Waals surface area contributed by atoms with Gasteiger partial charge >= 0.3 is 0 Å². The average molecular weight is 337 g/mol. The zero-order chi connectivity index (χ0) is 17.2. The van der Waals surface area contributed by atoms with Crippen molar-refractivity contribution < 1.29 is 9.18 Å². The first-order valence-electron chi connectivity index (χ1n) is 8.57. The molecule has 128 valence electrons. The number of H-pyrrole nitrogens is 1. The molecule has 3 N–H and O–H groups in total. The Morgan fingerprint density at radius 3 is 2.80 bits per heavy atom. The summed E-state index contributed by atoms with van der Waals surface area (Å²) in [6.07, 6.45) is 2.98. The Labute approximate surface area is 145 Å². The maximum absolute atomic E-state index is 13.3. The normalized spacial score (nSPS) is 17.1. The van der Waals surface area contributed by atoms with Crippen LogP contribution >= 0.6 is 0 Å². The molecule has 4 nitrogen and oxygen atoms in total. The minimum absolute atomic E-state index is 0.0422. The molecule has 0 aliphatic carbocycles. The second kappa shape index (κ2) is 6.69. The minimum Gasteiger partial charge on any atom is -0.360 e. The van der Waals surface area contributed by atoms with Gasteiger partial charge in [-0.3, -0.25) is 4.79 Å². The summed E-state index contributed by atoms with van der Waals surface area (Å²) < 4.78 is 13.3. The number of nitrogens with one attached hydrogen (secondary N) is 3. The second-order valence-corrected chi connectivity index (χ2v) is 6.54. The third-order valence-electron chi connectivity index (χ3n) is 4.82. The van der Waals surface area contributed by atoms with Crippen molar-refractivity contribution in [3.8, 4) is 11.1 Å². The van der Waals surface area contributed by atoms with E-state index in [9.17, 15) is 9.18 Å². The van der Waals surface area contributed by atoms with E-state index in [0.717, 1.165) is 41.5 Å². The summed E-state index contributed by atoms with van der Waals surface area (Å²) in [6, 6.07) is 12.2. The highest BCUT2D eigenvalue weighted by atomic mass is 19.1. The van der Waals surface area contributed by atoms with Crippen LogP contribution in [0.15, 0.2) is 48.7 Å². The van der Waals surface area contributed by atoms with Gasteiger partial charge in [-0.2, -0.15) is 0 Å². The molecule has 4 rings (SSSR count). The van der Waals surface area contributed by atoms with Crippen molar-refractivity contribution >= 4 is 16.8 Å². The summed E-state index contributed by atoms with van der Waals surface area (Å²) in [5.41, 5.74) is 3.41. The molecule has 2 aromatic carbocycles. The Morgan fingerprint density at radius 1 is 1.20 bits per heavy atom. The SMILES string of the molecule is O=C(NC[C@H]1CCNC1)c1ccc(-c2c[nH]c3cc(F)ccc23)cc1. The Kier molecular flexibility index (Phi) is 4.24. The molecule has 1 amide bonds. The standard InChI is InChI=1S/C20H20FN3O/c21-16-5-6-17-18(12-23-19(17)9-16)14-1-3-15(4-2-14)20(25)24-11-13-7-8-22-10-13/h1-6,9,12-13,22-23H,7-8,10-11H2,(H,24,25)/t13-/m0/s1. The minimum atomic E-state index is -0.259. The number of rotatable bonds is 4. The van der Waals surface area contributed by atoms with Crippen LogP contribution in [0.25, 0.3) is 22.0 Å². The predicted molar refractivity (Wildman–Crippen MR) is 97.0 cm³/mol. The molecule has 0 radical (unpaired) electrons. The van der Waals surface area contributed by atoms with E-state index in [-0.39, 0.29) is 11.7 Å². The van der Waals surface area contributed by atoms with E-state index < -0.39 is 0 Å². The van der Waals surface area contributed by atoms with Crippen molar-refractivity contribution in [1.29, 1.82) is 0 Å². The largest absolute Gasteiger partial charge is 0.360 e. The first kappa shape index (κ1) is 15.8. The number of halogens is 1. The first-order chi connectivity index (χ1) is 12.2. The topological polar surface area (TPSA) is 56.9 Å². The predicted octanol–water partition coefficient (Wildman–Crippen LogP) is 3.31. The van der Waals surface area contributed by atoms with E-state index in [1.165, 1.54) is 12.1 Å². The Hall–Kier alpha value is -2.66. The lowest BCUT2D eigenvalue weighted by atomic mass is 10.0. The van der Waals surface area contributed by atoms with Gasteiger partial charge in [0.2, 0.25) is 0 Å². The van der Waals surface area contributed by atoms with Crippen LogP contribution in [-0.4, -0.2) is 30.5 Å². The number of carbonyl (C=O) groups excluding carboxylic acids is 1. The molecule has 5 heteroatoms. The van der Waals surface area contributed by atoms with Crippen molar-refractivity contribution in [2.45, 2.75) is 6.42 Å². The number of carbonyl (C=O) groups is 1. The molecule has 0 saturated carbocycles. The number of fused-ring (bicyclic) bond motifs is 1. The summed E-state index contributed by atoms with van der Waals surface area (Å²) in [6.45, 7) is 2.71. The third-order valence-corrected chi connectivity index (χ3v) is 4.82. The van der Waals surface area contributed by atoms with Crippen molar-refractivity contribution in [2.24, 2.45) is 5.92 Å². The first-order valence-corrected chi connectivity index (χ1v) is 8.57. The van der Waals surface area contributed by atoms with Gasteiger partial charge in [0.1, 0.15) is 5.82 Å². The van der Waals surface area contributed by atoms with Gasteiger partial charge in [0.25, 0.3) is 5.91 Å². The highest BCUT2D eigenvalue weighted by Gasteiger charge is 2.16. The zero-order valence-electron chi connectivity index (χ0n) is 13.8. The fourth-order valence-electron chi connectivity index (χ4n) is 3.37. The zero-order valence-corrected chi connectivity index (χ0v) is 13.8. The molecule has 0 bridgehead atoms. The van der Waals surface area contributed by atoms with E-state index in [0.29, 0.717) is 18.0 Å². The smallest absolute Gasteiger partial charge is 0.251 e. The van der Waals surface area contributed by atoms with E-state index in [1.54, 1.807) is 6.07 Å². The van der Waals surface area contributed by atoms with Crippen LogP contribution in [0.5, 0.6) is 0 Å². The van der Waals surface area contributed by atoms with Gasteiger partial charge in [-0.25, -0.2) is 4.39 Å². The van der Waals surface area contributed by atoms with Gasteiger partial charge in [0.05, 0.1) is 0 Å². The molecule has 1 fully saturated rings. The van der Waals surface area contributed by atoms with Gasteiger partial charge < -0.3 is 15.6 Å². The van der Waals surface area contributed by atoms with E-state index in [4.69, 9.17) is 0 Å². The number of hydrogen-bond donors (Lipinski definition) is 3. The second-order valence-electron chi connectivity index (χ2n) is 6.54. The van der Waals surface area contributed by atoms with Crippen LogP contribution in [-0.2, 0) is 0 Å². The van der Waals surface area contributed by atoms with Crippen molar-refractivity contribution in [3.05, 3.63) is 60.0 Å². The van der Waals surface area contributed by atoms with Gasteiger partial charge in [-0.05, 0) is 61.3 Å². The van der Waals surface area contributed by atoms with Crippen LogP contribution in [0.4, 0.5) is 4.39 Å². The average Bonchev–Trinajstić information content (AvgIpc) is 3.29. The van der Waals surface area contributed by atoms with Crippen molar-refractivity contribution in [2.75, 3.05) is 19.6 Å². The number of aromatic nitrogens is 1. The van der Waals surface area contributed by atoms with Gasteiger partial charge in [-0.1, -0.05) is 12.1 Å². The molecular formula is C20H20FN3O. The molecule has 0 spiro atoms. The molecule has 0 unspecified atom stereocenters. The molecule has 2 heterocycles. The van der Waals surface area contributed by atoms with Gasteiger partial charge in [0.15, 0.2) is 0 Å². The Balaban J connectivity index is 1.50. The quantitative estimate of drug-likeness (QED) is 0.684. The summed E-state index contributed by atoms with van der Waals surface area (Å²) in [5, 5.41) is 7.27. The van der Waals surface area contributed by atoms with Crippen molar-refractivity contribution in [3.63, 3.8) is 0 Å². The van der Waals surface area contributed by atoms with E-state index in [2.05, 4.69) is 15.6 Å².